The summed E-state index contributed by atoms with van der Waals surface area (Å²) >= 11 is 0. The van der Waals surface area contributed by atoms with E-state index < -0.39 is 0 Å². The van der Waals surface area contributed by atoms with E-state index in [1.165, 1.54) is 12.1 Å². The van der Waals surface area contributed by atoms with Crippen LogP contribution in [0.2, 0.25) is 0 Å². The molecule has 0 bridgehead atoms. The molecule has 0 radical (unpaired) electrons. The van der Waals surface area contributed by atoms with Crippen LogP contribution < -0.4 is 4.74 Å². The number of benzene rings is 2. The fourth-order valence-electron chi connectivity index (χ4n) is 3.80. The van der Waals surface area contributed by atoms with Crippen molar-refractivity contribution in [2.45, 2.75) is 25.2 Å². The predicted molar refractivity (Wildman–Crippen MR) is 109 cm³/mol. The van der Waals surface area contributed by atoms with Gasteiger partial charge in [-0.25, -0.2) is 9.07 Å². The summed E-state index contributed by atoms with van der Waals surface area (Å²) in [6.07, 6.45) is 6.04. The number of ether oxygens (including phenoxy) is 1. The van der Waals surface area contributed by atoms with Crippen molar-refractivity contribution in [3.63, 3.8) is 0 Å². The Morgan fingerprint density at radius 1 is 1.17 bits per heavy atom. The zero-order valence-corrected chi connectivity index (χ0v) is 16.4. The summed E-state index contributed by atoms with van der Waals surface area (Å²) in [5.74, 6) is 1.04. The number of aromatic nitrogens is 2. The average molecular weight is 393 g/mol. The molecule has 150 valence electrons. The Balaban J connectivity index is 1.34. The van der Waals surface area contributed by atoms with Gasteiger partial charge in [0.1, 0.15) is 11.6 Å². The number of methoxy groups -OCH3 is 1. The first-order chi connectivity index (χ1) is 14.1. The van der Waals surface area contributed by atoms with Crippen LogP contribution >= 0.6 is 0 Å². The fourth-order valence-corrected chi connectivity index (χ4v) is 3.80. The third-order valence-electron chi connectivity index (χ3n) is 5.51. The van der Waals surface area contributed by atoms with E-state index in [-0.39, 0.29) is 11.7 Å². The van der Waals surface area contributed by atoms with Crippen molar-refractivity contribution in [3.8, 4) is 11.4 Å². The normalized spacial score (nSPS) is 14.8. The van der Waals surface area contributed by atoms with Gasteiger partial charge in [0.05, 0.1) is 25.4 Å². The maximum atomic E-state index is 13.4. The van der Waals surface area contributed by atoms with Crippen molar-refractivity contribution >= 4 is 5.91 Å². The zero-order valence-electron chi connectivity index (χ0n) is 16.4. The Morgan fingerprint density at radius 2 is 1.93 bits per heavy atom. The molecule has 2 heterocycles. The maximum absolute atomic E-state index is 13.4. The van der Waals surface area contributed by atoms with Gasteiger partial charge in [-0.1, -0.05) is 18.2 Å². The molecule has 1 amide bonds. The molecular weight excluding hydrogens is 369 g/mol. The van der Waals surface area contributed by atoms with Crippen LogP contribution in [-0.2, 0) is 11.2 Å². The summed E-state index contributed by atoms with van der Waals surface area (Å²) in [6.45, 7) is 1.48. The van der Waals surface area contributed by atoms with Crippen LogP contribution in [0.1, 0.15) is 29.9 Å². The summed E-state index contributed by atoms with van der Waals surface area (Å²) in [6, 6.07) is 14.0. The van der Waals surface area contributed by atoms with Crippen LogP contribution in [0, 0.1) is 5.82 Å². The topological polar surface area (TPSA) is 47.4 Å². The van der Waals surface area contributed by atoms with Gasteiger partial charge in [0.2, 0.25) is 5.91 Å². The van der Waals surface area contributed by atoms with Crippen LogP contribution in [0.4, 0.5) is 4.39 Å². The highest BCUT2D eigenvalue weighted by Gasteiger charge is 2.24. The molecule has 5 nitrogen and oxygen atoms in total. The molecule has 0 saturated carbocycles. The highest BCUT2D eigenvalue weighted by atomic mass is 19.1. The molecular formula is C23H24FN3O2. The van der Waals surface area contributed by atoms with E-state index in [1.807, 2.05) is 47.6 Å². The number of hydrogen-bond donors (Lipinski definition) is 0. The second-order valence-corrected chi connectivity index (χ2v) is 7.38. The van der Waals surface area contributed by atoms with Gasteiger partial charge in [-0.05, 0) is 60.2 Å². The Hall–Kier alpha value is -3.15. The maximum Gasteiger partial charge on any atom is 0.226 e. The largest absolute Gasteiger partial charge is 0.497 e. The molecule has 4 rings (SSSR count). The van der Waals surface area contributed by atoms with E-state index in [1.54, 1.807) is 17.9 Å². The first kappa shape index (κ1) is 19.2. The van der Waals surface area contributed by atoms with Gasteiger partial charge in [0, 0.05) is 19.3 Å². The lowest BCUT2D eigenvalue weighted by Crippen LogP contribution is -2.38. The minimum absolute atomic E-state index is 0.157. The number of carbonyl (C=O) groups is 1. The summed E-state index contributed by atoms with van der Waals surface area (Å²) in [4.78, 5) is 14.6. The van der Waals surface area contributed by atoms with Gasteiger partial charge < -0.3 is 9.64 Å². The Labute approximate surface area is 169 Å². The summed E-state index contributed by atoms with van der Waals surface area (Å²) < 4.78 is 20.3. The van der Waals surface area contributed by atoms with Crippen LogP contribution in [0.25, 0.3) is 5.69 Å². The smallest absolute Gasteiger partial charge is 0.226 e. The standard InChI is InChI=1S/C23H24FN3O2/c1-29-22-7-5-17(6-8-22)13-23(28)26-11-9-18(10-12-26)19-15-25-27(16-19)21-4-2-3-20(24)14-21/h2-8,14-16,18H,9-13H2,1H3. The molecule has 2 aromatic carbocycles. The number of rotatable bonds is 5. The van der Waals surface area contributed by atoms with Gasteiger partial charge in [0.25, 0.3) is 0 Å². The number of likely N-dealkylation sites (tertiary alicyclic amines) is 1. The number of nitrogens with zero attached hydrogens (tertiary/aromatic N) is 3. The van der Waals surface area contributed by atoms with E-state index in [9.17, 15) is 9.18 Å². The molecule has 1 aliphatic rings. The van der Waals surface area contributed by atoms with Crippen LogP contribution in [0.15, 0.2) is 60.9 Å². The van der Waals surface area contributed by atoms with Crippen molar-refractivity contribution in [2.75, 3.05) is 20.2 Å². The third kappa shape index (κ3) is 4.47. The molecule has 0 atom stereocenters. The Morgan fingerprint density at radius 3 is 2.62 bits per heavy atom. The van der Waals surface area contributed by atoms with Crippen molar-refractivity contribution in [2.24, 2.45) is 0 Å². The molecule has 1 aromatic heterocycles. The quantitative estimate of drug-likeness (QED) is 0.659. The minimum atomic E-state index is -0.275. The molecule has 0 unspecified atom stereocenters. The lowest BCUT2D eigenvalue weighted by atomic mass is 9.91. The van der Waals surface area contributed by atoms with E-state index in [0.717, 1.165) is 42.8 Å². The van der Waals surface area contributed by atoms with Gasteiger partial charge in [-0.15, -0.1) is 0 Å². The minimum Gasteiger partial charge on any atom is -0.497 e. The summed E-state index contributed by atoms with van der Waals surface area (Å²) in [7, 11) is 1.63. The number of hydrogen-bond acceptors (Lipinski definition) is 3. The molecule has 29 heavy (non-hydrogen) atoms. The van der Waals surface area contributed by atoms with Crippen LogP contribution in [0.3, 0.4) is 0 Å². The lowest BCUT2D eigenvalue weighted by Gasteiger charge is -2.31. The number of piperidine rings is 1. The molecule has 3 aromatic rings. The van der Waals surface area contributed by atoms with Gasteiger partial charge in [-0.2, -0.15) is 5.10 Å². The Bertz CT molecular complexity index is 976. The predicted octanol–water partition coefficient (Wildman–Crippen LogP) is 3.97. The molecule has 0 aliphatic carbocycles. The van der Waals surface area contributed by atoms with Crippen LogP contribution in [-0.4, -0.2) is 40.8 Å². The summed E-state index contributed by atoms with van der Waals surface area (Å²) in [5, 5.41) is 4.39. The zero-order chi connectivity index (χ0) is 20.2. The van der Waals surface area contributed by atoms with Gasteiger partial charge in [-0.3, -0.25) is 4.79 Å². The number of halogens is 1. The van der Waals surface area contributed by atoms with Gasteiger partial charge >= 0.3 is 0 Å². The fraction of sp³-hybridized carbons (Fsp3) is 0.304. The SMILES string of the molecule is COc1ccc(CC(=O)N2CCC(c3cnn(-c4cccc(F)c4)c3)CC2)cc1. The first-order valence-corrected chi connectivity index (χ1v) is 9.83. The average Bonchev–Trinajstić information content (AvgIpc) is 3.25. The number of amides is 1. The van der Waals surface area contributed by atoms with Crippen molar-refractivity contribution in [1.82, 2.24) is 14.7 Å². The number of carbonyl (C=O) groups excluding carboxylic acids is 1. The molecule has 1 aliphatic heterocycles. The molecule has 1 saturated heterocycles. The highest BCUT2D eigenvalue weighted by molar-refractivity contribution is 5.79. The van der Waals surface area contributed by atoms with E-state index >= 15 is 0 Å². The van der Waals surface area contributed by atoms with Crippen molar-refractivity contribution < 1.29 is 13.9 Å². The van der Waals surface area contributed by atoms with E-state index in [0.29, 0.717) is 18.0 Å². The molecule has 6 heteroatoms. The lowest BCUT2D eigenvalue weighted by molar-refractivity contribution is -0.131. The third-order valence-corrected chi connectivity index (χ3v) is 5.51. The Kier molecular flexibility index (Phi) is 5.60. The first-order valence-electron chi connectivity index (χ1n) is 9.83. The van der Waals surface area contributed by atoms with E-state index in [2.05, 4.69) is 5.10 Å². The summed E-state index contributed by atoms with van der Waals surface area (Å²) in [5.41, 5.74) is 2.84. The second-order valence-electron chi connectivity index (χ2n) is 7.38. The van der Waals surface area contributed by atoms with Crippen molar-refractivity contribution in [3.05, 3.63) is 77.9 Å². The second kappa shape index (κ2) is 8.47. The molecule has 0 N–H and O–H groups in total. The highest BCUT2D eigenvalue weighted by Crippen LogP contribution is 2.28. The van der Waals surface area contributed by atoms with E-state index in [4.69, 9.17) is 4.74 Å². The van der Waals surface area contributed by atoms with Gasteiger partial charge in [0.15, 0.2) is 0 Å². The van der Waals surface area contributed by atoms with Crippen molar-refractivity contribution in [1.29, 1.82) is 0 Å². The monoisotopic (exact) mass is 393 g/mol. The molecule has 1 fully saturated rings. The molecule has 0 spiro atoms. The van der Waals surface area contributed by atoms with Crippen LogP contribution in [0.5, 0.6) is 5.75 Å².